The molecule has 2 aromatic rings. The summed E-state index contributed by atoms with van der Waals surface area (Å²) in [4.78, 5) is 23.6. The highest BCUT2D eigenvalue weighted by Crippen LogP contribution is 2.03. The zero-order valence-corrected chi connectivity index (χ0v) is 10.3. The van der Waals surface area contributed by atoms with Gasteiger partial charge in [0.25, 0.3) is 0 Å². The lowest BCUT2D eigenvalue weighted by molar-refractivity contribution is 0.620. The molecule has 0 amide bonds. The van der Waals surface area contributed by atoms with Crippen LogP contribution in [0.4, 0.5) is 4.39 Å². The van der Waals surface area contributed by atoms with Gasteiger partial charge >= 0.3 is 11.1 Å². The second-order valence-corrected chi connectivity index (χ2v) is 4.14. The zero-order chi connectivity index (χ0) is 13.8. The number of benzene rings is 1. The van der Waals surface area contributed by atoms with E-state index in [0.29, 0.717) is 13.1 Å². The summed E-state index contributed by atoms with van der Waals surface area (Å²) in [6.07, 6.45) is 3.06. The highest BCUT2D eigenvalue weighted by molar-refractivity contribution is 5.16. The summed E-state index contributed by atoms with van der Waals surface area (Å²) >= 11 is 0. The van der Waals surface area contributed by atoms with Crippen LogP contribution in [-0.2, 0) is 13.1 Å². The molecule has 6 heteroatoms. The first kappa shape index (κ1) is 13.2. The van der Waals surface area contributed by atoms with Gasteiger partial charge in [-0.2, -0.15) is 0 Å². The average molecular weight is 263 g/mol. The molecule has 2 N–H and O–H groups in total. The Kier molecular flexibility index (Phi) is 3.91. The number of hydrogen-bond acceptors (Lipinski definition) is 3. The number of halogens is 1. The highest BCUT2D eigenvalue weighted by atomic mass is 19.1. The summed E-state index contributed by atoms with van der Waals surface area (Å²) in [5, 5.41) is 0. The Morgan fingerprint density at radius 3 is 2.21 bits per heavy atom. The first-order valence-corrected chi connectivity index (χ1v) is 5.86. The van der Waals surface area contributed by atoms with Crippen molar-refractivity contribution in [3.63, 3.8) is 0 Å². The number of hydrogen-bond donors (Lipinski definition) is 1. The number of rotatable bonds is 4. The van der Waals surface area contributed by atoms with Crippen molar-refractivity contribution in [2.45, 2.75) is 13.1 Å². The van der Waals surface area contributed by atoms with Gasteiger partial charge < -0.3 is 14.9 Å². The zero-order valence-electron chi connectivity index (χ0n) is 10.3. The Morgan fingerprint density at radius 2 is 1.58 bits per heavy atom. The van der Waals surface area contributed by atoms with Crippen LogP contribution in [0.3, 0.4) is 0 Å². The van der Waals surface area contributed by atoms with Crippen LogP contribution < -0.4 is 16.9 Å². The predicted molar refractivity (Wildman–Crippen MR) is 69.5 cm³/mol. The minimum atomic E-state index is -0.611. The van der Waals surface area contributed by atoms with Crippen molar-refractivity contribution in [3.05, 3.63) is 68.7 Å². The summed E-state index contributed by atoms with van der Waals surface area (Å²) in [5.41, 5.74) is 4.89. The van der Waals surface area contributed by atoms with Crippen LogP contribution in [0.2, 0.25) is 0 Å². The van der Waals surface area contributed by atoms with Crippen LogP contribution in [0, 0.1) is 5.82 Å². The van der Waals surface area contributed by atoms with E-state index in [9.17, 15) is 14.0 Å². The Bertz CT molecular complexity index is 674. The van der Waals surface area contributed by atoms with E-state index in [0.717, 1.165) is 5.56 Å². The van der Waals surface area contributed by atoms with E-state index in [2.05, 4.69) is 0 Å². The highest BCUT2D eigenvalue weighted by Gasteiger charge is 2.05. The fourth-order valence-electron chi connectivity index (χ4n) is 1.77. The van der Waals surface area contributed by atoms with Gasteiger partial charge in [0.15, 0.2) is 0 Å². The van der Waals surface area contributed by atoms with E-state index in [-0.39, 0.29) is 12.4 Å². The lowest BCUT2D eigenvalue weighted by Crippen LogP contribution is -2.41. The van der Waals surface area contributed by atoms with E-state index in [1.54, 1.807) is 12.1 Å². The third kappa shape index (κ3) is 2.97. The molecule has 0 saturated carbocycles. The van der Waals surface area contributed by atoms with Crippen molar-refractivity contribution < 1.29 is 4.39 Å². The molecule has 1 aromatic heterocycles. The van der Waals surface area contributed by atoms with E-state index >= 15 is 0 Å². The van der Waals surface area contributed by atoms with Crippen molar-refractivity contribution in [1.82, 2.24) is 9.13 Å². The molecule has 0 saturated heterocycles. The maximum absolute atomic E-state index is 12.8. The van der Waals surface area contributed by atoms with Crippen molar-refractivity contribution in [3.8, 4) is 0 Å². The third-order valence-electron chi connectivity index (χ3n) is 2.77. The van der Waals surface area contributed by atoms with Gasteiger partial charge in [-0.05, 0) is 17.7 Å². The Hall–Kier alpha value is -2.21. The molecule has 100 valence electrons. The Morgan fingerprint density at radius 1 is 1.00 bits per heavy atom. The SMILES string of the molecule is NCCn1ccn(Cc2ccc(F)cc2)c(=O)c1=O. The summed E-state index contributed by atoms with van der Waals surface area (Å²) in [7, 11) is 0. The molecule has 5 nitrogen and oxygen atoms in total. The van der Waals surface area contributed by atoms with Crippen molar-refractivity contribution in [2.24, 2.45) is 5.73 Å². The first-order valence-electron chi connectivity index (χ1n) is 5.86. The fourth-order valence-corrected chi connectivity index (χ4v) is 1.77. The van der Waals surface area contributed by atoms with Gasteiger partial charge in [0.1, 0.15) is 5.82 Å². The maximum atomic E-state index is 12.8. The number of nitrogens with two attached hydrogens (primary N) is 1. The van der Waals surface area contributed by atoms with Gasteiger partial charge in [-0.25, -0.2) is 4.39 Å². The molecule has 2 rings (SSSR count). The molecule has 1 aromatic carbocycles. The topological polar surface area (TPSA) is 70.0 Å². The van der Waals surface area contributed by atoms with Crippen molar-refractivity contribution in [1.29, 1.82) is 0 Å². The Labute approximate surface area is 108 Å². The van der Waals surface area contributed by atoms with Crippen molar-refractivity contribution in [2.75, 3.05) is 6.54 Å². The molecular weight excluding hydrogens is 249 g/mol. The quantitative estimate of drug-likeness (QED) is 0.799. The van der Waals surface area contributed by atoms with Crippen LogP contribution in [0.15, 0.2) is 46.2 Å². The van der Waals surface area contributed by atoms with E-state index < -0.39 is 11.1 Å². The van der Waals surface area contributed by atoms with Gasteiger partial charge in [-0.3, -0.25) is 9.59 Å². The molecule has 0 fully saturated rings. The molecule has 0 unspecified atom stereocenters. The van der Waals surface area contributed by atoms with E-state index in [4.69, 9.17) is 5.73 Å². The lowest BCUT2D eigenvalue weighted by atomic mass is 10.2. The summed E-state index contributed by atoms with van der Waals surface area (Å²) < 4.78 is 15.3. The molecule has 1 heterocycles. The molecule has 0 radical (unpaired) electrons. The maximum Gasteiger partial charge on any atom is 0.316 e. The molecule has 0 bridgehead atoms. The molecular formula is C13H14FN3O2. The summed E-state index contributed by atoms with van der Waals surface area (Å²) in [6.45, 7) is 0.838. The van der Waals surface area contributed by atoms with Crippen LogP contribution in [-0.4, -0.2) is 15.7 Å². The third-order valence-corrected chi connectivity index (χ3v) is 2.77. The Balaban J connectivity index is 2.31. The normalized spacial score (nSPS) is 10.6. The van der Waals surface area contributed by atoms with Gasteiger partial charge in [0, 0.05) is 25.5 Å². The minimum Gasteiger partial charge on any atom is -0.329 e. The van der Waals surface area contributed by atoms with Crippen LogP contribution >= 0.6 is 0 Å². The monoisotopic (exact) mass is 263 g/mol. The van der Waals surface area contributed by atoms with Crippen LogP contribution in [0.5, 0.6) is 0 Å². The standard InChI is InChI=1S/C13H14FN3O2/c14-11-3-1-10(2-4-11)9-17-8-7-16(6-5-15)12(18)13(17)19/h1-4,7-8H,5-6,9,15H2. The molecule has 0 aliphatic heterocycles. The van der Waals surface area contributed by atoms with Crippen LogP contribution in [0.25, 0.3) is 0 Å². The fraction of sp³-hybridized carbons (Fsp3) is 0.231. The van der Waals surface area contributed by atoms with Crippen LogP contribution in [0.1, 0.15) is 5.56 Å². The number of nitrogens with zero attached hydrogens (tertiary/aromatic N) is 2. The van der Waals surface area contributed by atoms with Gasteiger partial charge in [-0.1, -0.05) is 12.1 Å². The van der Waals surface area contributed by atoms with Gasteiger partial charge in [-0.15, -0.1) is 0 Å². The van der Waals surface area contributed by atoms with E-state index in [1.165, 1.54) is 33.7 Å². The van der Waals surface area contributed by atoms with Gasteiger partial charge in [0.2, 0.25) is 0 Å². The lowest BCUT2D eigenvalue weighted by Gasteiger charge is -2.08. The second kappa shape index (κ2) is 5.62. The smallest absolute Gasteiger partial charge is 0.316 e. The van der Waals surface area contributed by atoms with Gasteiger partial charge in [0.05, 0.1) is 6.54 Å². The molecule has 0 atom stereocenters. The first-order chi connectivity index (χ1) is 9.11. The number of aromatic nitrogens is 2. The van der Waals surface area contributed by atoms with Crippen molar-refractivity contribution >= 4 is 0 Å². The molecule has 0 aliphatic carbocycles. The average Bonchev–Trinajstić information content (AvgIpc) is 2.41. The second-order valence-electron chi connectivity index (χ2n) is 4.14. The summed E-state index contributed by atoms with van der Waals surface area (Å²) in [6, 6.07) is 5.78. The minimum absolute atomic E-state index is 0.234. The molecule has 0 spiro atoms. The summed E-state index contributed by atoms with van der Waals surface area (Å²) in [5.74, 6) is -0.338. The molecule has 19 heavy (non-hydrogen) atoms. The predicted octanol–water partition coefficient (Wildman–Crippen LogP) is 0.156. The molecule has 0 aliphatic rings. The van der Waals surface area contributed by atoms with E-state index in [1.807, 2.05) is 0 Å². The largest absolute Gasteiger partial charge is 0.329 e.